The van der Waals surface area contributed by atoms with E-state index in [0.717, 1.165) is 88.6 Å². The van der Waals surface area contributed by atoms with Crippen molar-refractivity contribution in [2.75, 3.05) is 69.7 Å². The number of sulfone groups is 1. The highest BCUT2D eigenvalue weighted by atomic mass is 32.2. The van der Waals surface area contributed by atoms with E-state index < -0.39 is 27.5 Å². The first-order valence-corrected chi connectivity index (χ1v) is 20.8. The van der Waals surface area contributed by atoms with E-state index in [-0.39, 0.29) is 52.0 Å². The number of halogens is 2. The van der Waals surface area contributed by atoms with E-state index in [0.29, 0.717) is 12.2 Å². The summed E-state index contributed by atoms with van der Waals surface area (Å²) in [5, 5.41) is 5.72. The molecule has 1 saturated carbocycles. The fourth-order valence-corrected chi connectivity index (χ4v) is 10.9. The van der Waals surface area contributed by atoms with Crippen LogP contribution >= 0.6 is 0 Å². The molecule has 2 N–H and O–H groups in total. The lowest BCUT2D eigenvalue weighted by atomic mass is 9.57. The van der Waals surface area contributed by atoms with Crippen molar-refractivity contribution in [3.05, 3.63) is 96.8 Å². The molecule has 2 amide bonds. The number of likely N-dealkylation sites (tertiary alicyclic amines) is 2. The Kier molecular flexibility index (Phi) is 11.3. The second-order valence-corrected chi connectivity index (χ2v) is 17.7. The Balaban J connectivity index is 1.01. The lowest BCUT2D eigenvalue weighted by molar-refractivity contribution is -0.111. The van der Waals surface area contributed by atoms with E-state index >= 15 is 4.39 Å². The maximum Gasteiger partial charge on any atom is 0.407 e. The largest absolute Gasteiger partial charge is 0.453 e. The molecule has 3 aromatic rings. The zero-order chi connectivity index (χ0) is 38.8. The smallest absolute Gasteiger partial charge is 0.407 e. The van der Waals surface area contributed by atoms with Crippen LogP contribution in [0.3, 0.4) is 0 Å². The number of ether oxygens (including phenoxy) is 1. The van der Waals surface area contributed by atoms with E-state index in [4.69, 9.17) is 4.74 Å². The fraction of sp³-hybridized carbons (Fsp3) is 0.476. The van der Waals surface area contributed by atoms with Crippen LogP contribution in [0, 0.1) is 17.7 Å². The minimum atomic E-state index is -3.85. The van der Waals surface area contributed by atoms with Crippen LogP contribution in [-0.4, -0.2) is 101 Å². The van der Waals surface area contributed by atoms with Gasteiger partial charge < -0.3 is 25.2 Å². The fourth-order valence-electron chi connectivity index (χ4n) is 9.57. The molecule has 0 radical (unpaired) electrons. The highest BCUT2D eigenvalue weighted by molar-refractivity contribution is 7.91. The van der Waals surface area contributed by atoms with Crippen molar-refractivity contribution < 1.29 is 31.5 Å². The van der Waals surface area contributed by atoms with Crippen LogP contribution in [0.1, 0.15) is 44.1 Å². The molecule has 55 heavy (non-hydrogen) atoms. The number of amides is 2. The number of hydrogen-bond donors (Lipinski definition) is 2. The van der Waals surface area contributed by atoms with Crippen LogP contribution < -0.4 is 15.5 Å². The third kappa shape index (κ3) is 8.15. The number of nitrogens with one attached hydrogen (secondary N) is 2. The van der Waals surface area contributed by atoms with Gasteiger partial charge in [-0.15, -0.1) is 0 Å². The maximum atomic E-state index is 16.3. The number of hydrogen-bond acceptors (Lipinski definition) is 8. The van der Waals surface area contributed by atoms with Gasteiger partial charge in [0.1, 0.15) is 5.82 Å². The van der Waals surface area contributed by atoms with Crippen LogP contribution in [0.2, 0.25) is 0 Å². The molecule has 3 aliphatic heterocycles. The summed E-state index contributed by atoms with van der Waals surface area (Å²) in [6.07, 6.45) is 6.23. The van der Waals surface area contributed by atoms with E-state index in [1.165, 1.54) is 37.4 Å². The number of anilines is 2. The van der Waals surface area contributed by atoms with Crippen molar-refractivity contribution in [2.45, 2.75) is 65.4 Å². The number of methoxy groups -OCH3 is 1. The Morgan fingerprint density at radius 3 is 2.31 bits per heavy atom. The summed E-state index contributed by atoms with van der Waals surface area (Å²) in [5.41, 5.74) is 0.283. The molecule has 0 bridgehead atoms. The lowest BCUT2D eigenvalue weighted by Crippen LogP contribution is -2.65. The summed E-state index contributed by atoms with van der Waals surface area (Å²) in [6.45, 7) is 8.38. The first-order chi connectivity index (χ1) is 26.4. The van der Waals surface area contributed by atoms with Crippen molar-refractivity contribution in [3.8, 4) is 0 Å². The zero-order valence-corrected chi connectivity index (χ0v) is 32.2. The van der Waals surface area contributed by atoms with E-state index in [9.17, 15) is 22.4 Å². The number of carbonyl (C=O) groups is 2. The number of alkyl halides is 1. The molecule has 13 heteroatoms. The maximum absolute atomic E-state index is 16.3. The average Bonchev–Trinajstić information content (AvgIpc) is 3.62. The van der Waals surface area contributed by atoms with Gasteiger partial charge in [-0.2, -0.15) is 0 Å². The van der Waals surface area contributed by atoms with Gasteiger partial charge in [0.2, 0.25) is 15.7 Å². The Labute approximate surface area is 322 Å². The van der Waals surface area contributed by atoms with Crippen molar-refractivity contribution in [1.82, 2.24) is 15.1 Å². The monoisotopic (exact) mass is 775 g/mol. The summed E-state index contributed by atoms with van der Waals surface area (Å²) >= 11 is 0. The molecule has 3 atom stereocenters. The molecule has 0 spiro atoms. The molecule has 294 valence electrons. The Hall–Kier alpha value is -4.33. The van der Waals surface area contributed by atoms with Crippen LogP contribution in [0.15, 0.2) is 95.2 Å². The van der Waals surface area contributed by atoms with E-state index in [1.807, 2.05) is 4.90 Å². The van der Waals surface area contributed by atoms with Crippen LogP contribution in [0.4, 0.5) is 25.0 Å². The molecule has 7 rings (SSSR count). The van der Waals surface area contributed by atoms with Gasteiger partial charge in [0.25, 0.3) is 0 Å². The number of carbonyl (C=O) groups excluding carboxylic acids is 2. The first-order valence-electron chi connectivity index (χ1n) is 19.3. The van der Waals surface area contributed by atoms with Crippen molar-refractivity contribution >= 4 is 33.2 Å². The third-order valence-electron chi connectivity index (χ3n) is 12.3. The van der Waals surface area contributed by atoms with E-state index in [1.54, 1.807) is 36.4 Å². The number of benzene rings is 3. The second-order valence-electron chi connectivity index (χ2n) is 15.7. The van der Waals surface area contributed by atoms with Crippen molar-refractivity contribution in [3.63, 3.8) is 0 Å². The Bertz CT molecular complexity index is 1980. The number of piperidine rings is 1. The lowest BCUT2D eigenvalue weighted by Gasteiger charge is -2.54. The van der Waals surface area contributed by atoms with Gasteiger partial charge in [0.05, 0.1) is 30.0 Å². The topological polar surface area (TPSA) is 111 Å². The molecular weight excluding hydrogens is 725 g/mol. The van der Waals surface area contributed by atoms with E-state index in [2.05, 4.69) is 33.1 Å². The summed E-state index contributed by atoms with van der Waals surface area (Å²) in [5.74, 6) is -0.376. The van der Waals surface area contributed by atoms with Gasteiger partial charge in [0.15, 0.2) is 5.67 Å². The molecule has 10 nitrogen and oxygen atoms in total. The minimum absolute atomic E-state index is 0.0484. The second kappa shape index (κ2) is 16.0. The predicted octanol–water partition coefficient (Wildman–Crippen LogP) is 6.19. The van der Waals surface area contributed by atoms with Crippen molar-refractivity contribution in [2.24, 2.45) is 11.8 Å². The summed E-state index contributed by atoms with van der Waals surface area (Å²) in [4.78, 5) is 31.0. The molecular formula is C42H51F2N5O5S. The summed E-state index contributed by atoms with van der Waals surface area (Å²) in [6, 6.07) is 19.5. The average molecular weight is 776 g/mol. The minimum Gasteiger partial charge on any atom is -0.453 e. The first kappa shape index (κ1) is 38.9. The molecule has 0 aromatic heterocycles. The number of nitrogens with zero attached hydrogens (tertiary/aromatic N) is 3. The number of rotatable bonds is 13. The highest BCUT2D eigenvalue weighted by Gasteiger charge is 2.54. The van der Waals surface area contributed by atoms with Crippen LogP contribution in [-0.2, 0) is 24.8 Å². The quantitative estimate of drug-likeness (QED) is 0.198. The molecule has 1 aliphatic carbocycles. The summed E-state index contributed by atoms with van der Waals surface area (Å²) in [7, 11) is -2.47. The van der Waals surface area contributed by atoms with Crippen LogP contribution in [0.5, 0.6) is 0 Å². The number of alkyl carbamates (subject to hydrolysis) is 1. The van der Waals surface area contributed by atoms with Gasteiger partial charge in [0, 0.05) is 35.9 Å². The molecule has 3 saturated heterocycles. The highest BCUT2D eigenvalue weighted by Crippen LogP contribution is 2.51. The van der Waals surface area contributed by atoms with Gasteiger partial charge in [-0.1, -0.05) is 31.2 Å². The molecule has 0 unspecified atom stereocenters. The molecule has 4 aliphatic rings. The van der Waals surface area contributed by atoms with Gasteiger partial charge >= 0.3 is 6.09 Å². The zero-order valence-electron chi connectivity index (χ0n) is 31.4. The van der Waals surface area contributed by atoms with Crippen molar-refractivity contribution in [1.29, 1.82) is 0 Å². The third-order valence-corrected chi connectivity index (χ3v) is 14.1. The Morgan fingerprint density at radius 2 is 1.65 bits per heavy atom. The summed E-state index contributed by atoms with van der Waals surface area (Å²) < 4.78 is 63.0. The van der Waals surface area contributed by atoms with Gasteiger partial charge in [-0.05, 0) is 136 Å². The predicted molar refractivity (Wildman–Crippen MR) is 208 cm³/mol. The van der Waals surface area contributed by atoms with Crippen LogP contribution in [0.25, 0.3) is 0 Å². The Morgan fingerprint density at radius 1 is 0.927 bits per heavy atom. The van der Waals surface area contributed by atoms with Gasteiger partial charge in [-0.25, -0.2) is 22.0 Å². The SMILES string of the molecule is C=CC(=O)Nc1cccc(S(=O)(=O)c2ccc(N3CC(F)(CN4CCC([C@@](CN5CCC5)(c5cccc(F)c5)[C@H]5CCC[C@@H]5NC(=O)OC)CC4)C3)cc2)c1. The standard InChI is InChI=1S/C42H51F2N5O5S/c1-3-39(50)45-33-10-5-11-36(25-33)55(52,53)35-16-14-34(15-17-35)49-27-41(44,28-49)26-48-22-18-30(19-23-48)42(29-47-20-7-21-47,31-8-4-9-32(43)24-31)37-12-6-13-38(37)46-40(51)54-2/h3-5,8-11,14-17,24-25,30,37-38H,1,6-7,12-13,18-23,26-29H2,2H3,(H,45,50)(H,46,51)/t37-,38-,42-/m0/s1. The normalized spacial score (nSPS) is 22.9. The molecule has 4 fully saturated rings. The molecule has 3 heterocycles. The van der Waals surface area contributed by atoms with Gasteiger partial charge in [-0.3, -0.25) is 9.69 Å². The molecule has 3 aromatic carbocycles.